The maximum absolute atomic E-state index is 10.8. The molecular weight excluding hydrogens is 373 g/mol. The average Bonchev–Trinajstić information content (AvgIpc) is 2.59. The summed E-state index contributed by atoms with van der Waals surface area (Å²) >= 11 is 12.0. The Kier molecular flexibility index (Phi) is 5.69. The number of benzene rings is 2. The summed E-state index contributed by atoms with van der Waals surface area (Å²) in [4.78, 5) is 13.2. The van der Waals surface area contributed by atoms with Gasteiger partial charge in [0.1, 0.15) is 11.4 Å². The quantitative estimate of drug-likeness (QED) is 0.279. The van der Waals surface area contributed by atoms with E-state index in [-0.39, 0.29) is 44.3 Å². The van der Waals surface area contributed by atoms with Crippen LogP contribution in [0.4, 0.5) is 22.7 Å². The van der Waals surface area contributed by atoms with Gasteiger partial charge in [-0.05, 0) is 0 Å². The topological polar surface area (TPSA) is 114 Å². The molecule has 2 aromatic rings. The second-order valence-corrected chi connectivity index (χ2v) is 5.33. The van der Waals surface area contributed by atoms with Crippen LogP contribution in [0.3, 0.4) is 0 Å². The van der Waals surface area contributed by atoms with Crippen LogP contribution in [0.25, 0.3) is 4.98 Å². The van der Waals surface area contributed by atoms with Gasteiger partial charge < -0.3 is 9.47 Å². The first kappa shape index (κ1) is 18.4. The minimum absolute atomic E-state index is 0.0316. The Morgan fingerprint density at radius 1 is 1.08 bits per heavy atom. The third kappa shape index (κ3) is 3.93. The van der Waals surface area contributed by atoms with Crippen molar-refractivity contribution in [2.75, 3.05) is 14.2 Å². The fraction of sp³-hybridized carbons (Fsp3) is 0.143. The summed E-state index contributed by atoms with van der Waals surface area (Å²) < 4.78 is 10.2. The average molecular weight is 383 g/mol. The van der Waals surface area contributed by atoms with Crippen LogP contribution in [-0.2, 0) is 0 Å². The largest absolute Gasteiger partial charge is 0.494 e. The third-order valence-corrected chi connectivity index (χ3v) is 3.63. The van der Waals surface area contributed by atoms with Gasteiger partial charge in [-0.2, -0.15) is 0 Å². The van der Waals surface area contributed by atoms with Gasteiger partial charge in [0, 0.05) is 18.2 Å². The maximum Gasteiger partial charge on any atom is 0.430 e. The summed E-state index contributed by atoms with van der Waals surface area (Å²) in [6.45, 7) is 0. The highest BCUT2D eigenvalue weighted by Gasteiger charge is 2.20. The van der Waals surface area contributed by atoms with E-state index in [1.807, 2.05) is 0 Å². The molecule has 2 aromatic carbocycles. The summed E-state index contributed by atoms with van der Waals surface area (Å²) in [6, 6.07) is 5.07. The molecule has 0 bridgehead atoms. The molecule has 0 saturated heterocycles. The number of nitro groups is 1. The van der Waals surface area contributed by atoms with E-state index < -0.39 is 4.92 Å². The summed E-state index contributed by atoms with van der Waals surface area (Å²) in [5, 5.41) is 27.6. The van der Waals surface area contributed by atoms with Gasteiger partial charge in [0.25, 0.3) is 5.69 Å². The number of non-ortho nitro benzene ring substituents is 1. The fourth-order valence-corrected chi connectivity index (χ4v) is 2.43. The zero-order valence-electron chi connectivity index (χ0n) is 12.9. The molecule has 0 N–H and O–H groups in total. The smallest absolute Gasteiger partial charge is 0.430 e. The molecule has 0 fully saturated rings. The summed E-state index contributed by atoms with van der Waals surface area (Å²) in [5.74, 6) is 0.490. The van der Waals surface area contributed by atoms with E-state index in [2.05, 4.69) is 15.2 Å². The minimum Gasteiger partial charge on any atom is -0.494 e. The first-order valence-electron chi connectivity index (χ1n) is 6.57. The highest BCUT2D eigenvalue weighted by atomic mass is 35.5. The van der Waals surface area contributed by atoms with Gasteiger partial charge in [-0.3, -0.25) is 10.1 Å². The van der Waals surface area contributed by atoms with Crippen molar-refractivity contribution < 1.29 is 14.4 Å². The highest BCUT2D eigenvalue weighted by molar-refractivity contribution is 6.39. The molecule has 25 heavy (non-hydrogen) atoms. The zero-order valence-corrected chi connectivity index (χ0v) is 14.4. The molecule has 0 aliphatic heterocycles. The molecule has 0 aliphatic rings. The first-order valence-corrected chi connectivity index (χ1v) is 7.33. The number of halogens is 2. The lowest BCUT2D eigenvalue weighted by Gasteiger charge is -2.05. The zero-order chi connectivity index (χ0) is 18.6. The van der Waals surface area contributed by atoms with Crippen LogP contribution in [-0.4, -0.2) is 19.1 Å². The van der Waals surface area contributed by atoms with Gasteiger partial charge in [-0.1, -0.05) is 23.2 Å². The predicted molar refractivity (Wildman–Crippen MR) is 91.6 cm³/mol. The van der Waals surface area contributed by atoms with Gasteiger partial charge >= 0.3 is 5.69 Å². The number of rotatable bonds is 5. The lowest BCUT2D eigenvalue weighted by molar-refractivity contribution is -0.384. The SMILES string of the molecule is COc1cc([N+]#N)c(OC)cc1N=Nc1c(Cl)cc([N+](=O)[O-])cc1Cl. The molecule has 0 amide bonds. The Labute approximate surface area is 151 Å². The molecule has 0 spiro atoms. The molecule has 0 aromatic heterocycles. The Bertz CT molecular complexity index is 888. The number of hydrogen-bond donors (Lipinski definition) is 0. The summed E-state index contributed by atoms with van der Waals surface area (Å²) in [6.07, 6.45) is 0. The molecule has 11 heteroatoms. The van der Waals surface area contributed by atoms with Crippen molar-refractivity contribution in [1.82, 2.24) is 0 Å². The van der Waals surface area contributed by atoms with Crippen molar-refractivity contribution in [2.24, 2.45) is 10.2 Å². The standard InChI is InChI=1S/C14H10Cl2N5O4/c1-24-12-6-11(13(25-2)5-10(12)18-17)19-20-14-8(15)3-7(21(22)23)4-9(14)16/h3-6H,1-2H3/q+1. The number of azo groups is 1. The number of nitrogens with zero attached hydrogens (tertiary/aromatic N) is 5. The molecule has 0 heterocycles. The molecule has 0 aliphatic carbocycles. The molecule has 0 unspecified atom stereocenters. The molecule has 0 atom stereocenters. The van der Waals surface area contributed by atoms with Crippen LogP contribution in [0.15, 0.2) is 34.5 Å². The first-order chi connectivity index (χ1) is 11.9. The maximum atomic E-state index is 10.8. The number of diazo groups is 1. The van der Waals surface area contributed by atoms with Crippen LogP contribution in [0.5, 0.6) is 11.5 Å². The lowest BCUT2D eigenvalue weighted by Crippen LogP contribution is -1.88. The number of nitro benzene ring substituents is 1. The van der Waals surface area contributed by atoms with Crippen molar-refractivity contribution >= 4 is 46.0 Å². The monoisotopic (exact) mass is 382 g/mol. The highest BCUT2D eigenvalue weighted by Crippen LogP contribution is 2.42. The fourth-order valence-electron chi connectivity index (χ4n) is 1.88. The number of ether oxygens (including phenoxy) is 2. The van der Waals surface area contributed by atoms with Crippen molar-refractivity contribution in [2.45, 2.75) is 0 Å². The molecule has 0 radical (unpaired) electrons. The van der Waals surface area contributed by atoms with E-state index in [0.29, 0.717) is 0 Å². The molecule has 2 rings (SSSR count). The Balaban J connectivity index is 2.50. The van der Waals surface area contributed by atoms with Crippen molar-refractivity contribution in [3.8, 4) is 11.5 Å². The molecular formula is C14H10Cl2N5O4+. The molecule has 9 nitrogen and oxygen atoms in total. The number of hydrogen-bond acceptors (Lipinski definition) is 7. The third-order valence-electron chi connectivity index (χ3n) is 3.06. The normalized spacial score (nSPS) is 10.5. The van der Waals surface area contributed by atoms with Crippen molar-refractivity contribution in [1.29, 1.82) is 5.39 Å². The van der Waals surface area contributed by atoms with E-state index in [1.165, 1.54) is 26.4 Å². The second kappa shape index (κ2) is 7.74. The lowest BCUT2D eigenvalue weighted by atomic mass is 10.2. The Morgan fingerprint density at radius 2 is 1.68 bits per heavy atom. The van der Waals surface area contributed by atoms with Gasteiger partial charge in [0.05, 0.1) is 35.3 Å². The Morgan fingerprint density at radius 3 is 2.16 bits per heavy atom. The van der Waals surface area contributed by atoms with E-state index in [9.17, 15) is 10.1 Å². The van der Waals surface area contributed by atoms with E-state index in [0.717, 1.165) is 12.1 Å². The van der Waals surface area contributed by atoms with Crippen molar-refractivity contribution in [3.05, 3.63) is 49.4 Å². The van der Waals surface area contributed by atoms with Gasteiger partial charge in [-0.15, -0.1) is 10.2 Å². The number of methoxy groups -OCH3 is 2. The van der Waals surface area contributed by atoms with Crippen LogP contribution in [0.1, 0.15) is 0 Å². The minimum atomic E-state index is -0.621. The summed E-state index contributed by atoms with van der Waals surface area (Å²) in [5.41, 5.74) is 0.190. The van der Waals surface area contributed by atoms with Gasteiger partial charge in [0.2, 0.25) is 11.1 Å². The van der Waals surface area contributed by atoms with Gasteiger partial charge in [-0.25, -0.2) is 0 Å². The van der Waals surface area contributed by atoms with E-state index in [4.69, 9.17) is 38.1 Å². The van der Waals surface area contributed by atoms with E-state index in [1.54, 1.807) is 0 Å². The van der Waals surface area contributed by atoms with Crippen LogP contribution in [0.2, 0.25) is 10.0 Å². The Hall–Kier alpha value is -2.96. The van der Waals surface area contributed by atoms with E-state index >= 15 is 0 Å². The van der Waals surface area contributed by atoms with Crippen LogP contribution in [0, 0.1) is 15.5 Å². The van der Waals surface area contributed by atoms with Crippen molar-refractivity contribution in [3.63, 3.8) is 0 Å². The molecule has 0 saturated carbocycles. The van der Waals surface area contributed by atoms with Gasteiger partial charge in [0.15, 0.2) is 10.7 Å². The van der Waals surface area contributed by atoms with Crippen LogP contribution < -0.4 is 9.47 Å². The molecule has 128 valence electrons. The second-order valence-electron chi connectivity index (χ2n) is 4.51. The predicted octanol–water partition coefficient (Wildman–Crippen LogP) is 5.82. The summed E-state index contributed by atoms with van der Waals surface area (Å²) in [7, 11) is 2.79. The van der Waals surface area contributed by atoms with Crippen LogP contribution >= 0.6 is 23.2 Å².